The van der Waals surface area contributed by atoms with E-state index in [2.05, 4.69) is 46.9 Å². The summed E-state index contributed by atoms with van der Waals surface area (Å²) >= 11 is 1.76. The van der Waals surface area contributed by atoms with Crippen LogP contribution in [0.1, 0.15) is 29.8 Å². The number of fused-ring (bicyclic) bond motifs is 1. The summed E-state index contributed by atoms with van der Waals surface area (Å²) in [5, 5.41) is 5.47. The molecule has 0 saturated carbocycles. The smallest absolute Gasteiger partial charge is 0.145 e. The van der Waals surface area contributed by atoms with Crippen molar-refractivity contribution in [2.24, 2.45) is 4.99 Å². The third-order valence-electron chi connectivity index (χ3n) is 3.49. The fourth-order valence-electron chi connectivity index (χ4n) is 2.39. The van der Waals surface area contributed by atoms with Crippen LogP contribution in [-0.2, 0) is 0 Å². The van der Waals surface area contributed by atoms with E-state index in [-0.39, 0.29) is 12.1 Å². The lowest BCUT2D eigenvalue weighted by Crippen LogP contribution is -2.20. The Hall–Kier alpha value is -1.65. The molecule has 1 aromatic heterocycles. The van der Waals surface area contributed by atoms with Gasteiger partial charge in [-0.15, -0.1) is 11.3 Å². The molecule has 1 aliphatic heterocycles. The van der Waals surface area contributed by atoms with Crippen LogP contribution in [0.4, 0.5) is 5.69 Å². The molecule has 2 aromatic rings. The summed E-state index contributed by atoms with van der Waals surface area (Å²) in [5.74, 6) is 0.879. The number of aliphatic imine (C=N–C) groups is 1. The highest BCUT2D eigenvalue weighted by Gasteiger charge is 2.18. The summed E-state index contributed by atoms with van der Waals surface area (Å²) in [4.78, 5) is 5.83. The summed E-state index contributed by atoms with van der Waals surface area (Å²) in [6.45, 7) is 2.10. The molecule has 0 amide bonds. The number of benzene rings is 1. The lowest BCUT2D eigenvalue weighted by atomic mass is 10.0. The highest BCUT2D eigenvalue weighted by atomic mass is 32.1. The normalized spacial score (nSPS) is 18.4. The molecule has 4 heteroatoms. The number of nitrogens with zero attached hydrogens (tertiary/aromatic N) is 1. The van der Waals surface area contributed by atoms with Gasteiger partial charge in [0.2, 0.25) is 0 Å². The van der Waals surface area contributed by atoms with Crippen LogP contribution in [0, 0.1) is 0 Å². The van der Waals surface area contributed by atoms with E-state index in [9.17, 15) is 0 Å². The van der Waals surface area contributed by atoms with Gasteiger partial charge >= 0.3 is 0 Å². The standard InChI is InChI=1S/C16H18N2OS/c1-3-12-10-18-13-9-11(6-7-14(13)19-12)16(17-2)15-5-4-8-20-15/h4-10,12,16-17H,3H2,1-2H3. The van der Waals surface area contributed by atoms with Crippen LogP contribution in [0.25, 0.3) is 0 Å². The van der Waals surface area contributed by atoms with Gasteiger partial charge in [0.05, 0.1) is 6.04 Å². The molecule has 104 valence electrons. The van der Waals surface area contributed by atoms with Crippen molar-refractivity contribution in [3.05, 3.63) is 46.2 Å². The Morgan fingerprint density at radius 1 is 1.40 bits per heavy atom. The van der Waals surface area contributed by atoms with Crippen molar-refractivity contribution < 1.29 is 4.74 Å². The van der Waals surface area contributed by atoms with E-state index in [1.54, 1.807) is 11.3 Å². The largest absolute Gasteiger partial charge is 0.483 e. The average Bonchev–Trinajstić information content (AvgIpc) is 3.01. The van der Waals surface area contributed by atoms with Gasteiger partial charge in [0.1, 0.15) is 17.5 Å². The molecule has 1 N–H and O–H groups in total. The molecule has 0 bridgehead atoms. The van der Waals surface area contributed by atoms with Gasteiger partial charge in [-0.2, -0.15) is 0 Å². The van der Waals surface area contributed by atoms with Gasteiger partial charge in [0, 0.05) is 11.1 Å². The number of hydrogen-bond acceptors (Lipinski definition) is 4. The van der Waals surface area contributed by atoms with Crippen LogP contribution in [0.2, 0.25) is 0 Å². The molecule has 20 heavy (non-hydrogen) atoms. The van der Waals surface area contributed by atoms with E-state index in [1.807, 2.05) is 19.3 Å². The summed E-state index contributed by atoms with van der Waals surface area (Å²) < 4.78 is 5.87. The number of thiophene rings is 1. The maximum Gasteiger partial charge on any atom is 0.145 e. The van der Waals surface area contributed by atoms with E-state index in [0.29, 0.717) is 0 Å². The molecule has 0 radical (unpaired) electrons. The predicted octanol–water partition coefficient (Wildman–Crippen LogP) is 3.93. The SMILES string of the molecule is CCC1C=Nc2cc(C(NC)c3cccs3)ccc2O1. The van der Waals surface area contributed by atoms with E-state index in [0.717, 1.165) is 17.9 Å². The Kier molecular flexibility index (Phi) is 3.85. The Morgan fingerprint density at radius 3 is 3.00 bits per heavy atom. The van der Waals surface area contributed by atoms with Crippen molar-refractivity contribution in [3.63, 3.8) is 0 Å². The van der Waals surface area contributed by atoms with Gasteiger partial charge in [-0.1, -0.05) is 19.1 Å². The highest BCUT2D eigenvalue weighted by molar-refractivity contribution is 7.10. The van der Waals surface area contributed by atoms with Gasteiger partial charge < -0.3 is 10.1 Å². The first-order valence-electron chi connectivity index (χ1n) is 6.87. The van der Waals surface area contributed by atoms with Crippen LogP contribution >= 0.6 is 11.3 Å². The fraction of sp³-hybridized carbons (Fsp3) is 0.312. The molecular formula is C16H18N2OS. The first kappa shape index (κ1) is 13.3. The molecule has 2 atom stereocenters. The summed E-state index contributed by atoms with van der Waals surface area (Å²) in [7, 11) is 1.98. The van der Waals surface area contributed by atoms with Crippen LogP contribution in [-0.4, -0.2) is 19.4 Å². The highest BCUT2D eigenvalue weighted by Crippen LogP contribution is 2.36. The zero-order chi connectivity index (χ0) is 13.9. The third kappa shape index (κ3) is 2.49. The Balaban J connectivity index is 1.92. The van der Waals surface area contributed by atoms with Crippen molar-refractivity contribution in [1.82, 2.24) is 5.32 Å². The van der Waals surface area contributed by atoms with Crippen molar-refractivity contribution in [3.8, 4) is 5.75 Å². The Morgan fingerprint density at radius 2 is 2.30 bits per heavy atom. The van der Waals surface area contributed by atoms with Crippen LogP contribution in [0.5, 0.6) is 5.75 Å². The predicted molar refractivity (Wildman–Crippen MR) is 84.5 cm³/mol. The van der Waals surface area contributed by atoms with E-state index >= 15 is 0 Å². The zero-order valence-electron chi connectivity index (χ0n) is 11.7. The van der Waals surface area contributed by atoms with Gasteiger partial charge in [-0.3, -0.25) is 4.99 Å². The second kappa shape index (κ2) is 5.77. The quantitative estimate of drug-likeness (QED) is 0.924. The topological polar surface area (TPSA) is 33.6 Å². The summed E-state index contributed by atoms with van der Waals surface area (Å²) in [5.41, 5.74) is 2.13. The van der Waals surface area contributed by atoms with Crippen molar-refractivity contribution in [2.45, 2.75) is 25.5 Å². The van der Waals surface area contributed by atoms with Gasteiger partial charge in [-0.05, 0) is 42.6 Å². The molecule has 0 aliphatic carbocycles. The molecule has 2 unspecified atom stereocenters. The van der Waals surface area contributed by atoms with Crippen LogP contribution < -0.4 is 10.1 Å². The fourth-order valence-corrected chi connectivity index (χ4v) is 3.25. The summed E-state index contributed by atoms with van der Waals surface area (Å²) in [6.07, 6.45) is 2.94. The van der Waals surface area contributed by atoms with Gasteiger partial charge in [-0.25, -0.2) is 0 Å². The zero-order valence-corrected chi connectivity index (χ0v) is 12.5. The lowest BCUT2D eigenvalue weighted by molar-refractivity contribution is 0.264. The second-order valence-electron chi connectivity index (χ2n) is 4.81. The number of hydrogen-bond donors (Lipinski definition) is 1. The third-order valence-corrected chi connectivity index (χ3v) is 4.43. The minimum Gasteiger partial charge on any atom is -0.483 e. The Bertz CT molecular complexity index is 607. The number of rotatable bonds is 4. The first-order chi connectivity index (χ1) is 9.81. The molecule has 0 saturated heterocycles. The van der Waals surface area contributed by atoms with Crippen molar-refractivity contribution in [2.75, 3.05) is 7.05 Å². The van der Waals surface area contributed by atoms with Crippen molar-refractivity contribution in [1.29, 1.82) is 0 Å². The molecule has 3 rings (SSSR count). The second-order valence-corrected chi connectivity index (χ2v) is 5.79. The summed E-state index contributed by atoms with van der Waals surface area (Å²) in [6, 6.07) is 10.7. The number of ether oxygens (including phenoxy) is 1. The maximum absolute atomic E-state index is 5.87. The van der Waals surface area contributed by atoms with E-state index < -0.39 is 0 Å². The monoisotopic (exact) mass is 286 g/mol. The van der Waals surface area contributed by atoms with Gasteiger partial charge in [0.25, 0.3) is 0 Å². The van der Waals surface area contributed by atoms with Gasteiger partial charge in [0.15, 0.2) is 0 Å². The minimum atomic E-state index is 0.103. The lowest BCUT2D eigenvalue weighted by Gasteiger charge is -2.21. The number of nitrogens with one attached hydrogen (secondary N) is 1. The van der Waals surface area contributed by atoms with Crippen LogP contribution in [0.15, 0.2) is 40.7 Å². The Labute approximate surface area is 123 Å². The molecular weight excluding hydrogens is 268 g/mol. The van der Waals surface area contributed by atoms with Crippen molar-refractivity contribution >= 4 is 23.2 Å². The molecule has 3 nitrogen and oxygen atoms in total. The maximum atomic E-state index is 5.87. The minimum absolute atomic E-state index is 0.103. The average molecular weight is 286 g/mol. The van der Waals surface area contributed by atoms with E-state index in [4.69, 9.17) is 4.74 Å². The first-order valence-corrected chi connectivity index (χ1v) is 7.75. The molecule has 2 heterocycles. The molecule has 0 spiro atoms. The molecule has 0 fully saturated rings. The molecule has 1 aliphatic rings. The molecule has 1 aromatic carbocycles. The van der Waals surface area contributed by atoms with Crippen LogP contribution in [0.3, 0.4) is 0 Å². The van der Waals surface area contributed by atoms with E-state index in [1.165, 1.54) is 10.4 Å².